The fourth-order valence-electron chi connectivity index (χ4n) is 14.7. The number of aromatic nitrogens is 4. The second kappa shape index (κ2) is 18.1. The monoisotopic (exact) mass is 1120 g/mol. The smallest absolute Gasteiger partial charge is 0.136 e. The van der Waals surface area contributed by atoms with Crippen LogP contribution >= 0.6 is 0 Å². The van der Waals surface area contributed by atoms with Gasteiger partial charge in [-0.3, -0.25) is 0 Å². The summed E-state index contributed by atoms with van der Waals surface area (Å²) in [5.74, 6) is 0. The first-order valence-corrected chi connectivity index (χ1v) is 29.5. The maximum Gasteiger partial charge on any atom is 0.136 e. The number of para-hydroxylation sites is 6. The molecule has 0 aliphatic rings. The average molecular weight is 1120 g/mol. The van der Waals surface area contributed by atoms with Gasteiger partial charge < -0.3 is 27.1 Å². The summed E-state index contributed by atoms with van der Waals surface area (Å²) < 4.78 is 22.5. The van der Waals surface area contributed by atoms with Gasteiger partial charge in [-0.1, -0.05) is 182 Å². The van der Waals surface area contributed by atoms with E-state index in [4.69, 9.17) is 8.83 Å². The zero-order valence-corrected chi connectivity index (χ0v) is 46.9. The van der Waals surface area contributed by atoms with Gasteiger partial charge in [-0.15, -0.1) is 0 Å². The first kappa shape index (κ1) is 48.1. The van der Waals surface area contributed by atoms with Crippen molar-refractivity contribution in [3.05, 3.63) is 278 Å². The molecule has 6 aromatic heterocycles. The molecule has 0 atom stereocenters. The lowest BCUT2D eigenvalue weighted by Crippen LogP contribution is -2.17. The molecule has 0 spiro atoms. The van der Waals surface area contributed by atoms with Crippen LogP contribution in [0.25, 0.3) is 176 Å². The Morgan fingerprint density at radius 1 is 0.216 bits per heavy atom. The Labute approximate surface area is 501 Å². The lowest BCUT2D eigenvalue weighted by atomic mass is 9.98. The van der Waals surface area contributed by atoms with Crippen molar-refractivity contribution in [1.82, 2.24) is 18.3 Å². The van der Waals surface area contributed by atoms with Crippen LogP contribution in [0.4, 0.5) is 0 Å². The highest BCUT2D eigenvalue weighted by Gasteiger charge is 2.35. The van der Waals surface area contributed by atoms with Crippen LogP contribution < -0.4 is 0 Å². The molecular weight excluding hydrogens is 1080 g/mol. The Balaban J connectivity index is 1.09. The van der Waals surface area contributed by atoms with E-state index in [9.17, 15) is 10.5 Å². The van der Waals surface area contributed by atoms with Crippen molar-refractivity contribution in [2.45, 2.75) is 0 Å². The van der Waals surface area contributed by atoms with Crippen molar-refractivity contribution in [2.24, 2.45) is 0 Å². The molecule has 88 heavy (non-hydrogen) atoms. The summed E-state index contributed by atoms with van der Waals surface area (Å²) in [7, 11) is 0. The van der Waals surface area contributed by atoms with Gasteiger partial charge in [0.1, 0.15) is 45.6 Å². The molecule has 0 N–H and O–H groups in total. The quantitative estimate of drug-likeness (QED) is 0.166. The zero-order valence-electron chi connectivity index (χ0n) is 46.9. The van der Waals surface area contributed by atoms with Crippen LogP contribution in [0.1, 0.15) is 11.1 Å². The van der Waals surface area contributed by atoms with Gasteiger partial charge in [-0.05, 0) is 107 Å². The van der Waals surface area contributed by atoms with Gasteiger partial charge in [-0.25, -0.2) is 0 Å². The summed E-state index contributed by atoms with van der Waals surface area (Å²) in [5, 5.41) is 37.6. The molecule has 0 fully saturated rings. The molecular formula is C80H44N6O2. The van der Waals surface area contributed by atoms with Crippen LogP contribution in [0.2, 0.25) is 0 Å². The summed E-state index contributed by atoms with van der Waals surface area (Å²) in [5.41, 5.74) is 17.4. The van der Waals surface area contributed by atoms with Crippen LogP contribution in [-0.4, -0.2) is 18.3 Å². The SMILES string of the molecule is N#Cc1c(-n2c3ccccc3c3cc4oc5ccccc5c4cc32)c(C#N)c(-n2c3ccccc3c3cc(-c4ccccc4)ccc32)c(-n2c3ccccc3c3cc4oc5ccccc5c4cc32)c1-n1c2ccccc2c2cc(-c3ccccc3)ccc21. The first-order valence-electron chi connectivity index (χ1n) is 29.5. The van der Waals surface area contributed by atoms with E-state index in [0.29, 0.717) is 33.9 Å². The van der Waals surface area contributed by atoms with E-state index in [-0.39, 0.29) is 0 Å². The van der Waals surface area contributed by atoms with Gasteiger partial charge in [0.25, 0.3) is 0 Å². The predicted molar refractivity (Wildman–Crippen MR) is 359 cm³/mol. The summed E-state index contributed by atoms with van der Waals surface area (Å²) in [6, 6.07) is 99.2. The Hall–Kier alpha value is -12.4. The van der Waals surface area contributed by atoms with E-state index in [0.717, 1.165) is 153 Å². The van der Waals surface area contributed by atoms with Gasteiger partial charge in [0, 0.05) is 64.6 Å². The topological polar surface area (TPSA) is 93.6 Å². The highest BCUT2D eigenvalue weighted by atomic mass is 16.3. The summed E-state index contributed by atoms with van der Waals surface area (Å²) in [6.07, 6.45) is 0. The number of rotatable bonds is 6. The Morgan fingerprint density at radius 3 is 0.932 bits per heavy atom. The predicted octanol–water partition coefficient (Wildman–Crippen LogP) is 21.0. The minimum Gasteiger partial charge on any atom is -0.456 e. The van der Waals surface area contributed by atoms with E-state index in [1.165, 1.54) is 0 Å². The molecule has 0 radical (unpaired) electrons. The average Bonchev–Trinajstić information content (AvgIpc) is 1.48. The molecule has 8 nitrogen and oxygen atoms in total. The first-order chi connectivity index (χ1) is 43.6. The molecule has 0 amide bonds. The van der Waals surface area contributed by atoms with Crippen molar-refractivity contribution in [3.63, 3.8) is 0 Å². The van der Waals surface area contributed by atoms with E-state index in [1.54, 1.807) is 0 Å². The molecule has 6 heterocycles. The standard InChI is InChI=1S/C80H44N6O2/c81-45-63-77(85-67-31-15-9-25-53(67)59-43-75-61(41-71(59)85)55-27-11-17-33-73(55)87-75)64(46-82)79(84-66-30-14-8-24-52(66)58-40-50(36-38-70(58)84)48-21-5-2-6-22-48)80(78(63)83-65-29-13-7-23-51(65)57-39-49(35-37-69(57)83)47-19-3-1-4-20-47)86-68-32-16-10-26-54(68)60-44-76-62(42-72(60)86)56-28-12-18-34-74(56)88-76/h1-44H. The molecule has 19 rings (SSSR count). The third kappa shape index (κ3) is 6.55. The fourth-order valence-corrected chi connectivity index (χ4v) is 14.7. The number of furan rings is 2. The Kier molecular flexibility index (Phi) is 9.87. The molecule has 13 aromatic carbocycles. The third-order valence-electron chi connectivity index (χ3n) is 18.4. The molecule has 0 saturated carbocycles. The van der Waals surface area contributed by atoms with E-state index < -0.39 is 0 Å². The van der Waals surface area contributed by atoms with E-state index in [1.807, 2.05) is 48.5 Å². The second-order valence-electron chi connectivity index (χ2n) is 22.9. The number of hydrogen-bond acceptors (Lipinski definition) is 4. The van der Waals surface area contributed by atoms with Gasteiger partial charge in [0.05, 0.1) is 66.9 Å². The second-order valence-corrected chi connectivity index (χ2v) is 22.9. The summed E-state index contributed by atoms with van der Waals surface area (Å²) in [4.78, 5) is 0. The zero-order chi connectivity index (χ0) is 57.9. The Morgan fingerprint density at radius 2 is 0.534 bits per heavy atom. The molecule has 0 bridgehead atoms. The van der Waals surface area contributed by atoms with Crippen LogP contribution in [0.5, 0.6) is 0 Å². The minimum absolute atomic E-state index is 0.317. The molecule has 0 aliphatic carbocycles. The van der Waals surface area contributed by atoms with E-state index >= 15 is 0 Å². The highest BCUT2D eigenvalue weighted by molar-refractivity contribution is 6.21. The van der Waals surface area contributed by atoms with Crippen molar-refractivity contribution >= 4 is 131 Å². The summed E-state index contributed by atoms with van der Waals surface area (Å²) >= 11 is 0. The minimum atomic E-state index is 0.317. The maximum atomic E-state index is 12.9. The van der Waals surface area contributed by atoms with Crippen molar-refractivity contribution in [2.75, 3.05) is 0 Å². The maximum absolute atomic E-state index is 12.9. The van der Waals surface area contributed by atoms with Gasteiger partial charge in [-0.2, -0.15) is 10.5 Å². The molecule has 19 aromatic rings. The highest BCUT2D eigenvalue weighted by Crippen LogP contribution is 2.51. The van der Waals surface area contributed by atoms with E-state index in [2.05, 4.69) is 249 Å². The number of fused-ring (bicyclic) bond motifs is 18. The largest absolute Gasteiger partial charge is 0.456 e. The van der Waals surface area contributed by atoms with Gasteiger partial charge in [0.15, 0.2) is 0 Å². The van der Waals surface area contributed by atoms with Crippen LogP contribution in [0.15, 0.2) is 276 Å². The van der Waals surface area contributed by atoms with Gasteiger partial charge >= 0.3 is 0 Å². The van der Waals surface area contributed by atoms with Crippen LogP contribution in [0.3, 0.4) is 0 Å². The molecule has 0 saturated heterocycles. The molecule has 0 aliphatic heterocycles. The lowest BCUT2D eigenvalue weighted by molar-refractivity contribution is 0.669. The van der Waals surface area contributed by atoms with Crippen molar-refractivity contribution in [3.8, 4) is 57.1 Å². The lowest BCUT2D eigenvalue weighted by Gasteiger charge is -2.27. The molecule has 406 valence electrons. The number of benzene rings is 13. The van der Waals surface area contributed by atoms with Crippen LogP contribution in [0, 0.1) is 22.7 Å². The number of nitrogens with zero attached hydrogens (tertiary/aromatic N) is 6. The normalized spacial score (nSPS) is 12.1. The summed E-state index contributed by atoms with van der Waals surface area (Å²) in [6.45, 7) is 0. The van der Waals surface area contributed by atoms with Gasteiger partial charge in [0.2, 0.25) is 0 Å². The molecule has 8 heteroatoms. The van der Waals surface area contributed by atoms with Crippen molar-refractivity contribution < 1.29 is 8.83 Å². The van der Waals surface area contributed by atoms with Crippen LogP contribution in [-0.2, 0) is 0 Å². The Bertz CT molecular complexity index is 6130. The fraction of sp³-hybridized carbons (Fsp3) is 0. The number of nitriles is 2. The molecule has 0 unspecified atom stereocenters. The number of hydrogen-bond donors (Lipinski definition) is 0. The van der Waals surface area contributed by atoms with Crippen molar-refractivity contribution in [1.29, 1.82) is 10.5 Å². The third-order valence-corrected chi connectivity index (χ3v) is 18.4.